The van der Waals surface area contributed by atoms with Gasteiger partial charge in [-0.15, -0.1) is 0 Å². The van der Waals surface area contributed by atoms with Gasteiger partial charge in [0.2, 0.25) is 5.36 Å². The van der Waals surface area contributed by atoms with Crippen LogP contribution in [0, 0.1) is 10.4 Å². The first-order valence-corrected chi connectivity index (χ1v) is 9.49. The van der Waals surface area contributed by atoms with Gasteiger partial charge in [0.25, 0.3) is 0 Å². The van der Waals surface area contributed by atoms with Gasteiger partial charge in [-0.25, -0.2) is 0 Å². The topological polar surface area (TPSA) is 89.4 Å². The van der Waals surface area contributed by atoms with Crippen LogP contribution in [0.25, 0.3) is 22.2 Å². The highest BCUT2D eigenvalue weighted by atomic mass is 16.8. The van der Waals surface area contributed by atoms with E-state index < -0.39 is 0 Å². The lowest BCUT2D eigenvalue weighted by Gasteiger charge is -2.18. The number of unbranched alkanes of at least 4 members (excludes halogenated alkanes) is 2. The van der Waals surface area contributed by atoms with Gasteiger partial charge in [-0.3, -0.25) is 0 Å². The van der Waals surface area contributed by atoms with E-state index in [9.17, 15) is 10.4 Å². The molecule has 28 heavy (non-hydrogen) atoms. The molecule has 0 saturated carbocycles. The molecule has 2 N–H and O–H groups in total. The third kappa shape index (κ3) is 4.48. The van der Waals surface area contributed by atoms with Gasteiger partial charge in [0.15, 0.2) is 0 Å². The molecule has 0 fully saturated rings. The Bertz CT molecular complexity index is 977. The molecule has 0 spiro atoms. The molecule has 7 heteroatoms. The lowest BCUT2D eigenvalue weighted by Crippen LogP contribution is -2.18. The van der Waals surface area contributed by atoms with Gasteiger partial charge in [0.1, 0.15) is 5.75 Å². The van der Waals surface area contributed by atoms with Crippen LogP contribution in [-0.2, 0) is 0 Å². The third-order valence-electron chi connectivity index (χ3n) is 4.83. The summed E-state index contributed by atoms with van der Waals surface area (Å²) in [4.78, 5) is 5.14. The summed E-state index contributed by atoms with van der Waals surface area (Å²) in [5.74, 6) is 0.774. The van der Waals surface area contributed by atoms with Crippen LogP contribution in [-0.4, -0.2) is 44.2 Å². The molecular formula is C21H27N4O3-. The number of aromatic amines is 1. The van der Waals surface area contributed by atoms with Crippen molar-refractivity contribution in [1.82, 2.24) is 14.8 Å². The van der Waals surface area contributed by atoms with Crippen LogP contribution in [0.3, 0.4) is 0 Å². The number of ether oxygens (including phenoxy) is 1. The molecule has 150 valence electrons. The van der Waals surface area contributed by atoms with Gasteiger partial charge < -0.3 is 30.4 Å². The van der Waals surface area contributed by atoms with Crippen molar-refractivity contribution >= 4 is 16.6 Å². The molecule has 0 amide bonds. The molecule has 1 heterocycles. The van der Waals surface area contributed by atoms with Gasteiger partial charge >= 0.3 is 0 Å². The number of fused-ring (bicyclic) bond motifs is 2. The van der Waals surface area contributed by atoms with Crippen LogP contribution < -0.4 is 20.3 Å². The largest absolute Gasteiger partial charge is 0.612 e. The molecule has 0 bridgehead atoms. The smallest absolute Gasteiger partial charge is 0.224 e. The number of methoxy groups -OCH3 is 1. The molecule has 1 aromatic rings. The molecule has 1 aromatic carbocycles. The summed E-state index contributed by atoms with van der Waals surface area (Å²) in [5, 5.41) is 26.9. The molecule has 2 aliphatic rings. The van der Waals surface area contributed by atoms with E-state index in [4.69, 9.17) is 4.74 Å². The van der Waals surface area contributed by atoms with Crippen molar-refractivity contribution in [3.05, 3.63) is 52.2 Å². The quantitative estimate of drug-likeness (QED) is 0.354. The predicted molar refractivity (Wildman–Crippen MR) is 114 cm³/mol. The van der Waals surface area contributed by atoms with Crippen LogP contribution in [0.1, 0.15) is 19.3 Å². The van der Waals surface area contributed by atoms with Crippen LogP contribution in [0.5, 0.6) is 5.75 Å². The number of rotatable bonds is 8. The Labute approximate surface area is 164 Å². The van der Waals surface area contributed by atoms with E-state index in [1.165, 1.54) is 6.42 Å². The zero-order chi connectivity index (χ0) is 20.1. The predicted octanol–water partition coefficient (Wildman–Crippen LogP) is 3.19. The van der Waals surface area contributed by atoms with E-state index >= 15 is 0 Å². The van der Waals surface area contributed by atoms with Gasteiger partial charge in [0, 0.05) is 35.1 Å². The van der Waals surface area contributed by atoms with Crippen molar-refractivity contribution in [2.45, 2.75) is 19.3 Å². The van der Waals surface area contributed by atoms with Crippen LogP contribution >= 0.6 is 0 Å². The van der Waals surface area contributed by atoms with Crippen molar-refractivity contribution in [2.24, 2.45) is 0 Å². The van der Waals surface area contributed by atoms with Crippen molar-refractivity contribution in [1.29, 1.82) is 0 Å². The minimum absolute atomic E-state index is 0.0752. The summed E-state index contributed by atoms with van der Waals surface area (Å²) in [6, 6.07) is 10.7. The third-order valence-corrected chi connectivity index (χ3v) is 4.83. The fourth-order valence-corrected chi connectivity index (χ4v) is 3.36. The summed E-state index contributed by atoms with van der Waals surface area (Å²) in [6.07, 6.45) is 3.37. The number of anilines is 1. The van der Waals surface area contributed by atoms with E-state index in [1.807, 2.05) is 18.2 Å². The molecule has 0 saturated heterocycles. The average molecular weight is 383 g/mol. The highest BCUT2D eigenvalue weighted by molar-refractivity contribution is 6.01. The molecule has 0 unspecified atom stereocenters. The van der Waals surface area contributed by atoms with Crippen LogP contribution in [0.15, 0.2) is 36.4 Å². The Morgan fingerprint density at radius 1 is 1.07 bits per heavy atom. The normalized spacial score (nSPS) is 11.3. The minimum atomic E-state index is -0.372. The number of nitrogens with one attached hydrogen (secondary N) is 2. The number of hydrogen-bond donors (Lipinski definition) is 2. The summed E-state index contributed by atoms with van der Waals surface area (Å²) in [5.41, 5.74) is 3.55. The Balaban J connectivity index is 1.95. The Hall–Kier alpha value is -2.93. The number of pyridine rings is 1. The molecule has 3 rings (SSSR count). The molecule has 0 atom stereocenters. The lowest BCUT2D eigenvalue weighted by molar-refractivity contribution is 0.393. The number of H-pyrrole nitrogens is 1. The SMILES string of the molecule is COc1ccc2[nH]c3cc(=[N+]([O-])[O-])ccc-3c(NCCCCCN(C)C)c2c1. The van der Waals surface area contributed by atoms with Crippen molar-refractivity contribution < 1.29 is 4.74 Å². The molecular weight excluding hydrogens is 356 g/mol. The van der Waals surface area contributed by atoms with E-state index in [0.29, 0.717) is 0 Å². The fraction of sp³-hybridized carbons (Fsp3) is 0.381. The zero-order valence-corrected chi connectivity index (χ0v) is 16.6. The Kier molecular flexibility index (Phi) is 6.26. The number of benzene rings is 2. The first-order chi connectivity index (χ1) is 13.5. The van der Waals surface area contributed by atoms with E-state index in [2.05, 4.69) is 29.3 Å². The zero-order valence-electron chi connectivity index (χ0n) is 16.6. The second-order valence-electron chi connectivity index (χ2n) is 7.19. The highest BCUT2D eigenvalue weighted by Gasteiger charge is 2.14. The Morgan fingerprint density at radius 3 is 2.61 bits per heavy atom. The number of hydrogen-bond acceptors (Lipinski definition) is 5. The summed E-state index contributed by atoms with van der Waals surface area (Å²) in [6.45, 7) is 1.93. The maximum absolute atomic E-state index is 11.2. The van der Waals surface area contributed by atoms with Gasteiger partial charge in [-0.2, -0.15) is 4.90 Å². The van der Waals surface area contributed by atoms with Gasteiger partial charge in [-0.1, -0.05) is 6.42 Å². The maximum Gasteiger partial charge on any atom is 0.224 e. The summed E-state index contributed by atoms with van der Waals surface area (Å²) in [7, 11) is 5.82. The standard InChI is InChI=1S/C21H27N4O3/c1-24(2)12-6-4-5-11-22-21-17-9-7-15(25(26)27)13-20(17)23-19-10-8-16(28-3)14-18(19)21/h7-10,13-14,22-23H,4-6,11-12H2,1-3H3/q-1. The van der Waals surface area contributed by atoms with E-state index in [1.54, 1.807) is 25.3 Å². The minimum Gasteiger partial charge on any atom is -0.612 e. The Morgan fingerprint density at radius 2 is 1.89 bits per heavy atom. The van der Waals surface area contributed by atoms with Crippen molar-refractivity contribution in [3.63, 3.8) is 0 Å². The molecule has 7 nitrogen and oxygen atoms in total. The van der Waals surface area contributed by atoms with Crippen molar-refractivity contribution in [3.8, 4) is 17.0 Å². The molecule has 1 aliphatic heterocycles. The summed E-state index contributed by atoms with van der Waals surface area (Å²) >= 11 is 0. The average Bonchev–Trinajstić information content (AvgIpc) is 2.68. The lowest BCUT2D eigenvalue weighted by atomic mass is 10.0. The number of nitrogens with zero attached hydrogens (tertiary/aromatic N) is 2. The molecule has 0 radical (unpaired) electrons. The highest BCUT2D eigenvalue weighted by Crippen LogP contribution is 2.36. The van der Waals surface area contributed by atoms with Gasteiger partial charge in [0.05, 0.1) is 18.5 Å². The second kappa shape index (κ2) is 8.84. The van der Waals surface area contributed by atoms with Crippen LogP contribution in [0.4, 0.5) is 5.69 Å². The molecule has 1 aliphatic carbocycles. The monoisotopic (exact) mass is 383 g/mol. The first kappa shape index (κ1) is 19.8. The summed E-state index contributed by atoms with van der Waals surface area (Å²) < 4.78 is 5.38. The van der Waals surface area contributed by atoms with Gasteiger partial charge in [-0.05, 0) is 57.7 Å². The van der Waals surface area contributed by atoms with Crippen LogP contribution in [0.2, 0.25) is 0 Å². The maximum atomic E-state index is 11.2. The van der Waals surface area contributed by atoms with E-state index in [-0.39, 0.29) is 10.3 Å². The number of aromatic nitrogens is 1. The molecule has 0 aromatic heterocycles. The second-order valence-corrected chi connectivity index (χ2v) is 7.19. The van der Waals surface area contributed by atoms with Crippen molar-refractivity contribution in [2.75, 3.05) is 39.6 Å². The van der Waals surface area contributed by atoms with E-state index in [0.717, 1.165) is 59.5 Å². The first-order valence-electron chi connectivity index (χ1n) is 9.49. The fourth-order valence-electron chi connectivity index (χ4n) is 3.36.